The van der Waals surface area contributed by atoms with Gasteiger partial charge in [-0.25, -0.2) is 0 Å². The average molecular weight is 144 g/mol. The van der Waals surface area contributed by atoms with E-state index in [0.29, 0.717) is 0 Å². The molecule has 0 aromatic heterocycles. The maximum Gasteiger partial charge on any atom is 0.0946 e. The Bertz CT molecular complexity index is 95.8. The minimum Gasteiger partial charge on any atom is -0.455 e. The van der Waals surface area contributed by atoms with E-state index in [0.717, 1.165) is 13.1 Å². The molecule has 2 atom stereocenters. The fourth-order valence-corrected chi connectivity index (χ4v) is 1.27. The molecular weight excluding hydrogens is 130 g/mol. The number of likely N-dealkylation sites (tertiary alicyclic amines) is 1. The minimum atomic E-state index is 0.197. The Morgan fingerprint density at radius 1 is 1.20 bits per heavy atom. The zero-order valence-electron chi connectivity index (χ0n) is 6.54. The van der Waals surface area contributed by atoms with E-state index in [-0.39, 0.29) is 12.2 Å². The van der Waals surface area contributed by atoms with Crippen LogP contribution >= 0.6 is 0 Å². The number of rotatable bonds is 2. The molecule has 0 spiro atoms. The third-order valence-electron chi connectivity index (χ3n) is 1.90. The summed E-state index contributed by atoms with van der Waals surface area (Å²) in [7, 11) is 7.22. The SMILES string of the molecule is [CH2-]N1C[C@H](OC)[C@H](OC)C1. The van der Waals surface area contributed by atoms with E-state index in [1.807, 2.05) is 4.90 Å². The Balaban J connectivity index is 2.41. The van der Waals surface area contributed by atoms with Gasteiger partial charge in [0, 0.05) is 14.2 Å². The second-order valence-corrected chi connectivity index (χ2v) is 2.58. The lowest BCUT2D eigenvalue weighted by atomic mass is 10.3. The number of ether oxygens (including phenoxy) is 2. The minimum absolute atomic E-state index is 0.197. The van der Waals surface area contributed by atoms with Gasteiger partial charge in [-0.1, -0.05) is 0 Å². The molecule has 1 saturated heterocycles. The number of nitrogens with zero attached hydrogens (tertiary/aromatic N) is 1. The molecule has 3 nitrogen and oxygen atoms in total. The second-order valence-electron chi connectivity index (χ2n) is 2.58. The molecule has 1 rings (SSSR count). The van der Waals surface area contributed by atoms with Crippen molar-refractivity contribution in [2.24, 2.45) is 0 Å². The van der Waals surface area contributed by atoms with Crippen LogP contribution in [-0.2, 0) is 9.47 Å². The highest BCUT2D eigenvalue weighted by molar-refractivity contribution is 4.84. The van der Waals surface area contributed by atoms with Crippen LogP contribution < -0.4 is 0 Å². The lowest BCUT2D eigenvalue weighted by Crippen LogP contribution is -2.27. The third kappa shape index (κ3) is 1.48. The maximum absolute atomic E-state index is 5.18. The van der Waals surface area contributed by atoms with Crippen molar-refractivity contribution in [2.75, 3.05) is 27.3 Å². The molecule has 0 amide bonds. The molecule has 1 aliphatic rings. The predicted molar refractivity (Wildman–Crippen MR) is 38.5 cm³/mol. The van der Waals surface area contributed by atoms with Crippen molar-refractivity contribution in [1.82, 2.24) is 4.90 Å². The van der Waals surface area contributed by atoms with Gasteiger partial charge in [0.25, 0.3) is 0 Å². The molecule has 1 heterocycles. The van der Waals surface area contributed by atoms with Crippen molar-refractivity contribution in [1.29, 1.82) is 0 Å². The summed E-state index contributed by atoms with van der Waals surface area (Å²) in [5.74, 6) is 0. The number of methoxy groups -OCH3 is 2. The van der Waals surface area contributed by atoms with Crippen molar-refractivity contribution in [3.63, 3.8) is 0 Å². The maximum atomic E-state index is 5.18. The van der Waals surface area contributed by atoms with E-state index in [4.69, 9.17) is 9.47 Å². The smallest absolute Gasteiger partial charge is 0.0946 e. The first-order chi connectivity index (χ1) is 4.77. The van der Waals surface area contributed by atoms with Crippen molar-refractivity contribution in [3.8, 4) is 0 Å². The molecule has 3 heteroatoms. The standard InChI is InChI=1S/C7H14NO2/c1-8-4-6(9-2)7(5-8)10-3/h6-7H,1,4-5H2,2-3H3/q-1/t6-,7+. The molecule has 60 valence electrons. The molecule has 1 fully saturated rings. The highest BCUT2D eigenvalue weighted by Crippen LogP contribution is 2.13. The third-order valence-corrected chi connectivity index (χ3v) is 1.90. The van der Waals surface area contributed by atoms with Gasteiger partial charge in [-0.15, -0.1) is 0 Å². The lowest BCUT2D eigenvalue weighted by Gasteiger charge is -2.14. The molecule has 0 radical (unpaired) electrons. The normalized spacial score (nSPS) is 35.1. The first-order valence-electron chi connectivity index (χ1n) is 3.39. The summed E-state index contributed by atoms with van der Waals surface area (Å²) < 4.78 is 10.4. The molecular formula is C7H14NO2-. The van der Waals surface area contributed by atoms with Crippen LogP contribution in [-0.4, -0.2) is 44.4 Å². The van der Waals surface area contributed by atoms with E-state index in [1.54, 1.807) is 14.2 Å². The van der Waals surface area contributed by atoms with Crippen LogP contribution in [0.2, 0.25) is 0 Å². The second kappa shape index (κ2) is 3.32. The molecule has 0 unspecified atom stereocenters. The summed E-state index contributed by atoms with van der Waals surface area (Å²) in [6.07, 6.45) is 0.394. The first-order valence-corrected chi connectivity index (χ1v) is 3.39. The number of hydrogen-bond donors (Lipinski definition) is 0. The Labute approximate surface area is 61.9 Å². The van der Waals surface area contributed by atoms with Gasteiger partial charge in [0.05, 0.1) is 12.2 Å². The highest BCUT2D eigenvalue weighted by atomic mass is 16.5. The van der Waals surface area contributed by atoms with Crippen LogP contribution in [0.1, 0.15) is 0 Å². The molecule has 0 saturated carbocycles. The molecule has 0 aliphatic carbocycles. The predicted octanol–water partition coefficient (Wildman–Crippen LogP) is 0.124. The Kier molecular flexibility index (Phi) is 2.65. The van der Waals surface area contributed by atoms with E-state index in [9.17, 15) is 0 Å². The Hall–Kier alpha value is -0.120. The van der Waals surface area contributed by atoms with Gasteiger partial charge in [-0.3, -0.25) is 7.05 Å². The topological polar surface area (TPSA) is 21.7 Å². The quantitative estimate of drug-likeness (QED) is 0.514. The van der Waals surface area contributed by atoms with Crippen LogP contribution in [0, 0.1) is 7.05 Å². The van der Waals surface area contributed by atoms with E-state index in [2.05, 4.69) is 7.05 Å². The van der Waals surface area contributed by atoms with Gasteiger partial charge < -0.3 is 14.4 Å². The lowest BCUT2D eigenvalue weighted by molar-refractivity contribution is -0.00461. The highest BCUT2D eigenvalue weighted by Gasteiger charge is 2.27. The van der Waals surface area contributed by atoms with Gasteiger partial charge in [0.15, 0.2) is 0 Å². The molecule has 0 aromatic rings. The molecule has 10 heavy (non-hydrogen) atoms. The summed E-state index contributed by atoms with van der Waals surface area (Å²) in [6, 6.07) is 0. The number of hydrogen-bond acceptors (Lipinski definition) is 3. The van der Waals surface area contributed by atoms with Gasteiger partial charge in [-0.05, 0) is 13.1 Å². The van der Waals surface area contributed by atoms with E-state index >= 15 is 0 Å². The summed E-state index contributed by atoms with van der Waals surface area (Å²) in [5, 5.41) is 0. The van der Waals surface area contributed by atoms with Crippen LogP contribution in [0.15, 0.2) is 0 Å². The van der Waals surface area contributed by atoms with Gasteiger partial charge in [-0.2, -0.15) is 0 Å². The monoisotopic (exact) mass is 144 g/mol. The van der Waals surface area contributed by atoms with Crippen LogP contribution in [0.25, 0.3) is 0 Å². The van der Waals surface area contributed by atoms with Gasteiger partial charge >= 0.3 is 0 Å². The van der Waals surface area contributed by atoms with Crippen molar-refractivity contribution in [2.45, 2.75) is 12.2 Å². The van der Waals surface area contributed by atoms with E-state index in [1.165, 1.54) is 0 Å². The van der Waals surface area contributed by atoms with Crippen LogP contribution in [0.5, 0.6) is 0 Å². The van der Waals surface area contributed by atoms with E-state index < -0.39 is 0 Å². The summed E-state index contributed by atoms with van der Waals surface area (Å²) in [6.45, 7) is 1.74. The zero-order chi connectivity index (χ0) is 7.56. The molecule has 0 N–H and O–H groups in total. The van der Waals surface area contributed by atoms with Gasteiger partial charge in [0.2, 0.25) is 0 Å². The zero-order valence-corrected chi connectivity index (χ0v) is 6.54. The molecule has 1 aliphatic heterocycles. The molecule has 0 bridgehead atoms. The molecule has 0 aromatic carbocycles. The average Bonchev–Trinajstić information content (AvgIpc) is 2.30. The summed E-state index contributed by atoms with van der Waals surface area (Å²) in [5.41, 5.74) is 0. The van der Waals surface area contributed by atoms with Crippen molar-refractivity contribution in [3.05, 3.63) is 7.05 Å². The largest absolute Gasteiger partial charge is 0.455 e. The summed E-state index contributed by atoms with van der Waals surface area (Å²) in [4.78, 5) is 1.96. The Morgan fingerprint density at radius 2 is 1.60 bits per heavy atom. The Morgan fingerprint density at radius 3 is 1.90 bits per heavy atom. The summed E-state index contributed by atoms with van der Waals surface area (Å²) >= 11 is 0. The van der Waals surface area contributed by atoms with Gasteiger partial charge in [0.1, 0.15) is 0 Å². The fourth-order valence-electron chi connectivity index (χ4n) is 1.27. The van der Waals surface area contributed by atoms with Crippen LogP contribution in [0.4, 0.5) is 0 Å². The first kappa shape index (κ1) is 7.98. The van der Waals surface area contributed by atoms with Crippen molar-refractivity contribution < 1.29 is 9.47 Å². The van der Waals surface area contributed by atoms with Crippen LogP contribution in [0.3, 0.4) is 0 Å². The van der Waals surface area contributed by atoms with Crippen molar-refractivity contribution >= 4 is 0 Å². The fraction of sp³-hybridized carbons (Fsp3) is 0.857.